The van der Waals surface area contributed by atoms with Gasteiger partial charge in [0.05, 0.1) is 6.61 Å². The Hall–Kier alpha value is -0.860. The summed E-state index contributed by atoms with van der Waals surface area (Å²) in [7, 11) is -5.10. The maximum absolute atomic E-state index is 11.8. The summed E-state index contributed by atoms with van der Waals surface area (Å²) in [5.41, 5.74) is 0. The molecular formula is C20H40NO10S-. The van der Waals surface area contributed by atoms with Crippen LogP contribution in [0.5, 0.6) is 0 Å². The molecule has 0 fully saturated rings. The fourth-order valence-corrected chi connectivity index (χ4v) is 3.23. The average molecular weight is 487 g/mol. The summed E-state index contributed by atoms with van der Waals surface area (Å²) in [4.78, 5) is 11.8. The van der Waals surface area contributed by atoms with Gasteiger partial charge in [0.25, 0.3) is 5.91 Å². The highest BCUT2D eigenvalue weighted by molar-refractivity contribution is 7.80. The van der Waals surface area contributed by atoms with E-state index in [4.69, 9.17) is 4.74 Å². The molecule has 0 aromatic heterocycles. The zero-order valence-corrected chi connectivity index (χ0v) is 19.7. The van der Waals surface area contributed by atoms with Gasteiger partial charge in [0.1, 0.15) is 18.3 Å². The van der Waals surface area contributed by atoms with Crippen molar-refractivity contribution in [3.05, 3.63) is 0 Å². The van der Waals surface area contributed by atoms with Crippen LogP contribution in [0.3, 0.4) is 0 Å². The van der Waals surface area contributed by atoms with Crippen LogP contribution in [-0.2, 0) is 24.1 Å². The highest BCUT2D eigenvalue weighted by atomic mass is 32.3. The predicted octanol–water partition coefficient (Wildman–Crippen LogP) is -0.0395. The molecule has 0 unspecified atom stereocenters. The number of nitrogens with one attached hydrogen (secondary N) is 1. The third kappa shape index (κ3) is 16.7. The molecular weight excluding hydrogens is 446 g/mol. The summed E-state index contributed by atoms with van der Waals surface area (Å²) in [5, 5.41) is 41.0. The topological polar surface area (TPSA) is 186 Å². The smallest absolute Gasteiger partial charge is 0.251 e. The third-order valence-corrected chi connectivity index (χ3v) is 5.30. The van der Waals surface area contributed by atoms with Gasteiger partial charge in [0.2, 0.25) is 10.4 Å². The highest BCUT2D eigenvalue weighted by Crippen LogP contribution is 2.10. The largest absolute Gasteiger partial charge is 0.726 e. The molecule has 0 aliphatic rings. The highest BCUT2D eigenvalue weighted by Gasteiger charge is 2.34. The van der Waals surface area contributed by atoms with Gasteiger partial charge in [-0.25, -0.2) is 8.42 Å². The molecule has 0 aromatic carbocycles. The van der Waals surface area contributed by atoms with E-state index in [0.717, 1.165) is 12.8 Å². The minimum atomic E-state index is -5.10. The second kappa shape index (κ2) is 18.6. The normalized spacial score (nSPS) is 15.8. The Balaban J connectivity index is 3.77. The van der Waals surface area contributed by atoms with Gasteiger partial charge in [0.15, 0.2) is 6.10 Å². The van der Waals surface area contributed by atoms with Crippen LogP contribution >= 0.6 is 0 Å². The van der Waals surface area contributed by atoms with E-state index in [-0.39, 0.29) is 6.54 Å². The van der Waals surface area contributed by atoms with Crippen molar-refractivity contribution in [1.29, 1.82) is 0 Å². The number of hydrogen-bond acceptors (Lipinski definition) is 10. The van der Waals surface area contributed by atoms with E-state index in [1.807, 2.05) is 0 Å². The lowest BCUT2D eigenvalue weighted by Crippen LogP contribution is -2.52. The van der Waals surface area contributed by atoms with Crippen molar-refractivity contribution in [1.82, 2.24) is 5.32 Å². The summed E-state index contributed by atoms with van der Waals surface area (Å²) < 4.78 is 40.2. The van der Waals surface area contributed by atoms with Gasteiger partial charge in [-0.15, -0.1) is 0 Å². The maximum Gasteiger partial charge on any atom is 0.251 e. The van der Waals surface area contributed by atoms with Gasteiger partial charge in [-0.1, -0.05) is 58.3 Å². The van der Waals surface area contributed by atoms with Crippen LogP contribution in [0.4, 0.5) is 0 Å². The number of rotatable bonds is 21. The van der Waals surface area contributed by atoms with Crippen LogP contribution in [0.2, 0.25) is 0 Å². The number of carbonyl (C=O) groups excluding carboxylic acids is 1. The number of ether oxygens (including phenoxy) is 1. The van der Waals surface area contributed by atoms with E-state index in [9.17, 15) is 38.2 Å². The minimum Gasteiger partial charge on any atom is -0.726 e. The molecule has 12 heteroatoms. The summed E-state index contributed by atoms with van der Waals surface area (Å²) in [6, 6.07) is 0. The van der Waals surface area contributed by atoms with Gasteiger partial charge in [-0.05, 0) is 12.8 Å². The summed E-state index contributed by atoms with van der Waals surface area (Å²) in [5.74, 6) is -0.986. The van der Waals surface area contributed by atoms with Crippen molar-refractivity contribution in [3.63, 3.8) is 0 Å². The molecule has 192 valence electrons. The average Bonchev–Trinajstić information content (AvgIpc) is 2.75. The Morgan fingerprint density at radius 1 is 0.875 bits per heavy atom. The molecule has 0 spiro atoms. The first-order chi connectivity index (χ1) is 15.1. The zero-order chi connectivity index (χ0) is 24.4. The Kier molecular flexibility index (Phi) is 18.1. The van der Waals surface area contributed by atoms with E-state index in [1.165, 1.54) is 44.9 Å². The number of unbranched alkanes of at least 4 members (excludes halogenated alkanes) is 8. The van der Waals surface area contributed by atoms with Crippen LogP contribution in [0.25, 0.3) is 0 Å². The van der Waals surface area contributed by atoms with Gasteiger partial charge in [-0.3, -0.25) is 8.98 Å². The number of aliphatic hydroxyl groups excluding tert-OH is 4. The second-order valence-electron chi connectivity index (χ2n) is 7.77. The second-order valence-corrected chi connectivity index (χ2v) is 8.82. The standard InChI is InChI=1S/C20H41NO10S/c1-2-3-4-5-6-7-8-9-10-13-30-14-11-12-21-20(26)19(25)18(24)17(23)16(22)15-31-32(27,28)29/h16-19,22-25H,2-15H2,1H3,(H,21,26)(H,27,28,29)/p-1/t16-,17-,18+,19-/m1/s1. The van der Waals surface area contributed by atoms with E-state index in [0.29, 0.717) is 19.6 Å². The van der Waals surface area contributed by atoms with E-state index < -0.39 is 47.3 Å². The van der Waals surface area contributed by atoms with Crippen molar-refractivity contribution < 1.29 is 47.1 Å². The van der Waals surface area contributed by atoms with Gasteiger partial charge < -0.3 is 35.0 Å². The molecule has 0 saturated carbocycles. The predicted molar refractivity (Wildman–Crippen MR) is 115 cm³/mol. The lowest BCUT2D eigenvalue weighted by molar-refractivity contribution is -0.148. The summed E-state index contributed by atoms with van der Waals surface area (Å²) in [6.07, 6.45) is 3.18. The van der Waals surface area contributed by atoms with Crippen LogP contribution in [0.1, 0.15) is 71.1 Å². The fraction of sp³-hybridized carbons (Fsp3) is 0.950. The van der Waals surface area contributed by atoms with E-state index in [1.54, 1.807) is 0 Å². The Labute approximate surface area is 191 Å². The van der Waals surface area contributed by atoms with Crippen LogP contribution in [-0.4, -0.2) is 90.1 Å². The first kappa shape index (κ1) is 31.1. The zero-order valence-electron chi connectivity index (χ0n) is 18.9. The number of carbonyl (C=O) groups is 1. The fourth-order valence-electron chi connectivity index (χ4n) is 2.93. The SMILES string of the molecule is CCCCCCCCCCCOCCCNC(=O)[C@H](O)[C@@H](O)[C@H](O)[C@H](O)COS(=O)(=O)[O-]. The van der Waals surface area contributed by atoms with Gasteiger partial charge in [0, 0.05) is 19.8 Å². The summed E-state index contributed by atoms with van der Waals surface area (Å²) >= 11 is 0. The molecule has 11 nitrogen and oxygen atoms in total. The Morgan fingerprint density at radius 2 is 1.41 bits per heavy atom. The quantitative estimate of drug-likeness (QED) is 0.0837. The van der Waals surface area contributed by atoms with Gasteiger partial charge >= 0.3 is 0 Å². The molecule has 5 N–H and O–H groups in total. The number of amides is 1. The maximum atomic E-state index is 11.8. The van der Waals surface area contributed by atoms with Crippen molar-refractivity contribution in [2.24, 2.45) is 0 Å². The van der Waals surface area contributed by atoms with Crippen LogP contribution in [0, 0.1) is 0 Å². The first-order valence-corrected chi connectivity index (χ1v) is 12.6. The molecule has 0 aliphatic carbocycles. The van der Waals surface area contributed by atoms with E-state index in [2.05, 4.69) is 16.4 Å². The molecule has 0 aromatic rings. The first-order valence-electron chi connectivity index (χ1n) is 11.3. The van der Waals surface area contributed by atoms with Crippen LogP contribution < -0.4 is 5.32 Å². The Morgan fingerprint density at radius 3 is 1.97 bits per heavy atom. The van der Waals surface area contributed by atoms with Crippen molar-refractivity contribution in [2.45, 2.75) is 95.5 Å². The van der Waals surface area contributed by atoms with E-state index >= 15 is 0 Å². The molecule has 0 bridgehead atoms. The van der Waals surface area contributed by atoms with Gasteiger partial charge in [-0.2, -0.15) is 0 Å². The monoisotopic (exact) mass is 486 g/mol. The van der Waals surface area contributed by atoms with Crippen molar-refractivity contribution in [2.75, 3.05) is 26.4 Å². The molecule has 1 amide bonds. The molecule has 0 saturated heterocycles. The molecule has 0 aliphatic heterocycles. The molecule has 0 rings (SSSR count). The lowest BCUT2D eigenvalue weighted by Gasteiger charge is -2.26. The Bertz CT molecular complexity index is 575. The number of hydrogen-bond donors (Lipinski definition) is 5. The van der Waals surface area contributed by atoms with Crippen molar-refractivity contribution in [3.8, 4) is 0 Å². The lowest BCUT2D eigenvalue weighted by atomic mass is 10.0. The summed E-state index contributed by atoms with van der Waals surface area (Å²) in [6.45, 7) is 2.29. The molecule has 0 radical (unpaired) electrons. The minimum absolute atomic E-state index is 0.163. The molecule has 0 heterocycles. The van der Waals surface area contributed by atoms with Crippen molar-refractivity contribution >= 4 is 16.3 Å². The number of aliphatic hydroxyl groups is 4. The molecule has 32 heavy (non-hydrogen) atoms. The van der Waals surface area contributed by atoms with Crippen LogP contribution in [0.15, 0.2) is 0 Å². The third-order valence-electron chi connectivity index (χ3n) is 4.88. The molecule has 4 atom stereocenters.